The fourth-order valence-corrected chi connectivity index (χ4v) is 3.10. The minimum Gasteiger partial charge on any atom is -0.463 e. The van der Waals surface area contributed by atoms with Gasteiger partial charge in [0, 0.05) is 34.1 Å². The maximum Gasteiger partial charge on any atom is 0.303 e. The van der Waals surface area contributed by atoms with Crippen molar-refractivity contribution >= 4 is 29.7 Å². The van der Waals surface area contributed by atoms with Crippen molar-refractivity contribution in [1.82, 2.24) is 0 Å². The largest absolute Gasteiger partial charge is 0.463 e. The molecule has 29 heavy (non-hydrogen) atoms. The minimum absolute atomic E-state index is 0.0179. The molecule has 0 aromatic carbocycles. The van der Waals surface area contributed by atoms with Gasteiger partial charge in [0.25, 0.3) is 0 Å². The molecule has 10 nitrogen and oxygen atoms in total. The summed E-state index contributed by atoms with van der Waals surface area (Å²) in [6.07, 6.45) is -4.10. The predicted octanol–water partition coefficient (Wildman–Crippen LogP) is 0.871. The molecule has 1 heterocycles. The molecule has 0 aromatic heterocycles. The molecule has 1 saturated heterocycles. The van der Waals surface area contributed by atoms with E-state index in [2.05, 4.69) is 0 Å². The third-order valence-corrected chi connectivity index (χ3v) is 4.10. The number of ether oxygens (including phenoxy) is 5. The first-order valence-corrected chi connectivity index (χ1v) is 9.31. The zero-order valence-corrected chi connectivity index (χ0v) is 17.3. The highest BCUT2D eigenvalue weighted by Crippen LogP contribution is 2.31. The molecular formula is C19H28O10. The van der Waals surface area contributed by atoms with Gasteiger partial charge in [-0.2, -0.15) is 0 Å². The van der Waals surface area contributed by atoms with Crippen LogP contribution in [-0.4, -0.2) is 66.8 Å². The molecule has 0 N–H and O–H groups in total. The van der Waals surface area contributed by atoms with Crippen molar-refractivity contribution in [2.45, 2.75) is 84.4 Å². The SMILES string of the molecule is CC(=O)CCC[C@H]1O[C@H](COC(C)=O)[C@@H](OC(C)=O)[C@H](OC(C)=O)[C@H]1OC(C)=O. The summed E-state index contributed by atoms with van der Waals surface area (Å²) < 4.78 is 26.9. The Kier molecular flexibility index (Phi) is 9.73. The van der Waals surface area contributed by atoms with Crippen molar-refractivity contribution in [3.05, 3.63) is 0 Å². The lowest BCUT2D eigenvalue weighted by atomic mass is 9.91. The fraction of sp³-hybridized carbons (Fsp3) is 0.737. The Morgan fingerprint density at radius 1 is 0.690 bits per heavy atom. The highest BCUT2D eigenvalue weighted by molar-refractivity contribution is 5.75. The van der Waals surface area contributed by atoms with E-state index in [1.165, 1.54) is 20.8 Å². The van der Waals surface area contributed by atoms with Crippen molar-refractivity contribution in [3.63, 3.8) is 0 Å². The fourth-order valence-electron chi connectivity index (χ4n) is 3.10. The molecule has 0 amide bonds. The normalized spacial score (nSPS) is 26.2. The summed E-state index contributed by atoms with van der Waals surface area (Å²) in [5.41, 5.74) is 0. The summed E-state index contributed by atoms with van der Waals surface area (Å²) >= 11 is 0. The third-order valence-electron chi connectivity index (χ3n) is 4.10. The highest BCUT2D eigenvalue weighted by Gasteiger charge is 2.51. The number of esters is 4. The molecule has 0 unspecified atom stereocenters. The Morgan fingerprint density at radius 3 is 1.62 bits per heavy atom. The quantitative estimate of drug-likeness (QED) is 0.394. The van der Waals surface area contributed by atoms with Crippen molar-refractivity contribution in [3.8, 4) is 0 Å². The Morgan fingerprint density at radius 2 is 1.17 bits per heavy atom. The Balaban J connectivity index is 3.22. The van der Waals surface area contributed by atoms with Crippen LogP contribution in [0, 0.1) is 0 Å². The first-order valence-electron chi connectivity index (χ1n) is 9.31. The number of hydrogen-bond donors (Lipinski definition) is 0. The molecule has 0 bridgehead atoms. The van der Waals surface area contributed by atoms with E-state index in [1.807, 2.05) is 0 Å². The van der Waals surface area contributed by atoms with Crippen LogP contribution in [0.1, 0.15) is 53.9 Å². The molecule has 0 spiro atoms. The Bertz CT molecular complexity index is 628. The monoisotopic (exact) mass is 416 g/mol. The van der Waals surface area contributed by atoms with Gasteiger partial charge < -0.3 is 28.5 Å². The number of Topliss-reactive ketones (excluding diaryl/α,β-unsaturated/α-hetero) is 1. The maximum absolute atomic E-state index is 11.7. The van der Waals surface area contributed by atoms with Gasteiger partial charge >= 0.3 is 23.9 Å². The van der Waals surface area contributed by atoms with E-state index < -0.39 is 54.4 Å². The van der Waals surface area contributed by atoms with E-state index in [9.17, 15) is 24.0 Å². The zero-order valence-electron chi connectivity index (χ0n) is 17.3. The molecular weight excluding hydrogens is 388 g/mol. The number of ketones is 1. The van der Waals surface area contributed by atoms with Crippen LogP contribution in [0.2, 0.25) is 0 Å². The van der Waals surface area contributed by atoms with Crippen molar-refractivity contribution in [1.29, 1.82) is 0 Å². The van der Waals surface area contributed by atoms with Crippen molar-refractivity contribution < 1.29 is 47.7 Å². The van der Waals surface area contributed by atoms with E-state index in [-0.39, 0.29) is 18.8 Å². The van der Waals surface area contributed by atoms with Crippen molar-refractivity contribution in [2.75, 3.05) is 6.61 Å². The third kappa shape index (κ3) is 8.59. The van der Waals surface area contributed by atoms with Gasteiger partial charge in [-0.3, -0.25) is 19.2 Å². The van der Waals surface area contributed by atoms with E-state index in [4.69, 9.17) is 23.7 Å². The minimum atomic E-state index is -1.17. The summed E-state index contributed by atoms with van der Waals surface area (Å²) in [7, 11) is 0. The van der Waals surface area contributed by atoms with Gasteiger partial charge in [-0.25, -0.2) is 0 Å². The number of carbonyl (C=O) groups is 5. The molecule has 1 rings (SSSR count). The molecule has 164 valence electrons. The van der Waals surface area contributed by atoms with Gasteiger partial charge in [0.05, 0.1) is 6.10 Å². The molecule has 5 atom stereocenters. The van der Waals surface area contributed by atoms with Gasteiger partial charge in [0.2, 0.25) is 0 Å². The van der Waals surface area contributed by atoms with E-state index >= 15 is 0 Å². The van der Waals surface area contributed by atoms with Crippen LogP contribution in [0.25, 0.3) is 0 Å². The Labute approximate surface area is 169 Å². The number of rotatable bonds is 9. The van der Waals surface area contributed by atoms with Crippen LogP contribution < -0.4 is 0 Å². The Hall–Kier alpha value is -2.49. The van der Waals surface area contributed by atoms with Crippen LogP contribution >= 0.6 is 0 Å². The summed E-state index contributed by atoms with van der Waals surface area (Å²) in [5.74, 6) is -2.60. The number of carbonyl (C=O) groups excluding carboxylic acids is 5. The maximum atomic E-state index is 11.7. The molecule has 0 radical (unpaired) electrons. The van der Waals surface area contributed by atoms with E-state index in [1.54, 1.807) is 0 Å². The zero-order chi connectivity index (χ0) is 22.1. The van der Waals surface area contributed by atoms with Crippen LogP contribution in [0.3, 0.4) is 0 Å². The van der Waals surface area contributed by atoms with Crippen LogP contribution in [-0.2, 0) is 47.7 Å². The number of hydrogen-bond acceptors (Lipinski definition) is 10. The van der Waals surface area contributed by atoms with Gasteiger partial charge in [0.1, 0.15) is 18.5 Å². The van der Waals surface area contributed by atoms with Gasteiger partial charge in [-0.1, -0.05) is 0 Å². The van der Waals surface area contributed by atoms with Crippen LogP contribution in [0.4, 0.5) is 0 Å². The van der Waals surface area contributed by atoms with Crippen LogP contribution in [0.15, 0.2) is 0 Å². The summed E-state index contributed by atoms with van der Waals surface area (Å²) in [4.78, 5) is 57.4. The lowest BCUT2D eigenvalue weighted by Gasteiger charge is -2.44. The average Bonchev–Trinajstić information content (AvgIpc) is 2.56. The van der Waals surface area contributed by atoms with Crippen LogP contribution in [0.5, 0.6) is 0 Å². The summed E-state index contributed by atoms with van der Waals surface area (Å²) in [6.45, 7) is 5.90. The van der Waals surface area contributed by atoms with E-state index in [0.717, 1.165) is 13.8 Å². The lowest BCUT2D eigenvalue weighted by molar-refractivity contribution is -0.253. The summed E-state index contributed by atoms with van der Waals surface area (Å²) in [6, 6.07) is 0. The van der Waals surface area contributed by atoms with E-state index in [0.29, 0.717) is 12.8 Å². The van der Waals surface area contributed by atoms with Crippen molar-refractivity contribution in [2.24, 2.45) is 0 Å². The molecule has 1 fully saturated rings. The highest BCUT2D eigenvalue weighted by atomic mass is 16.7. The second-order valence-electron chi connectivity index (χ2n) is 6.83. The molecule has 10 heteroatoms. The first kappa shape index (κ1) is 24.5. The topological polar surface area (TPSA) is 132 Å². The summed E-state index contributed by atoms with van der Waals surface area (Å²) in [5, 5.41) is 0. The molecule has 0 saturated carbocycles. The lowest BCUT2D eigenvalue weighted by Crippen LogP contribution is -2.62. The molecule has 1 aliphatic rings. The predicted molar refractivity (Wildman–Crippen MR) is 96.5 cm³/mol. The molecule has 1 aliphatic heterocycles. The molecule has 0 aromatic rings. The van der Waals surface area contributed by atoms with Gasteiger partial charge in [-0.15, -0.1) is 0 Å². The van der Waals surface area contributed by atoms with Gasteiger partial charge in [0.15, 0.2) is 18.3 Å². The molecule has 0 aliphatic carbocycles. The second kappa shape index (κ2) is 11.5. The smallest absolute Gasteiger partial charge is 0.303 e. The second-order valence-corrected chi connectivity index (χ2v) is 6.83. The first-order chi connectivity index (χ1) is 13.5. The standard InChI is InChI=1S/C19H28O10/c1-10(20)7-6-8-15-17(26-12(3)22)19(28-14(5)24)18(27-13(4)23)16(29-15)9-25-11(2)21/h15-19H,6-9H2,1-5H3/t15-,16-,17+,18-,19-/m1/s1. The average molecular weight is 416 g/mol. The van der Waals surface area contributed by atoms with Gasteiger partial charge in [-0.05, 0) is 19.8 Å².